The van der Waals surface area contributed by atoms with Gasteiger partial charge >= 0.3 is 0 Å². The van der Waals surface area contributed by atoms with Crippen LogP contribution in [0.4, 0.5) is 0 Å². The van der Waals surface area contributed by atoms with Gasteiger partial charge in [-0.25, -0.2) is 0 Å². The predicted molar refractivity (Wildman–Crippen MR) is 58.6 cm³/mol. The lowest BCUT2D eigenvalue weighted by molar-refractivity contribution is 0.476. The summed E-state index contributed by atoms with van der Waals surface area (Å²) in [5.74, 6) is 0. The van der Waals surface area contributed by atoms with Gasteiger partial charge in [-0.05, 0) is 44.6 Å². The topological polar surface area (TPSA) is 17.8 Å². The van der Waals surface area contributed by atoms with E-state index in [0.717, 1.165) is 12.1 Å². The van der Waals surface area contributed by atoms with Gasteiger partial charge in [-0.2, -0.15) is 5.10 Å². The van der Waals surface area contributed by atoms with Crippen molar-refractivity contribution in [2.45, 2.75) is 38.5 Å². The number of nitrogens with zero attached hydrogens (tertiary/aromatic N) is 2. The standard InChI is InChI=1S/C11H17ClN2/c1-8-6-10(14(3)13-8)7-11(4-5-11)9(2)12/h6,9H,4-5,7H2,1-3H3. The molecule has 1 fully saturated rings. The number of aromatic nitrogens is 2. The van der Waals surface area contributed by atoms with Gasteiger partial charge in [0.2, 0.25) is 0 Å². The van der Waals surface area contributed by atoms with Gasteiger partial charge in [0.1, 0.15) is 0 Å². The molecule has 1 aliphatic rings. The molecule has 1 heterocycles. The Morgan fingerprint density at radius 3 is 2.64 bits per heavy atom. The maximum atomic E-state index is 6.21. The number of aryl methyl sites for hydroxylation is 2. The highest BCUT2D eigenvalue weighted by atomic mass is 35.5. The van der Waals surface area contributed by atoms with Crippen molar-refractivity contribution in [1.29, 1.82) is 0 Å². The van der Waals surface area contributed by atoms with Crippen molar-refractivity contribution in [3.8, 4) is 0 Å². The van der Waals surface area contributed by atoms with Crippen LogP contribution in [0.1, 0.15) is 31.2 Å². The lowest BCUT2D eigenvalue weighted by Crippen LogP contribution is -2.17. The normalized spacial score (nSPS) is 20.9. The molecule has 1 aromatic rings. The van der Waals surface area contributed by atoms with E-state index in [1.807, 2.05) is 18.7 Å². The molecule has 2 rings (SSSR count). The van der Waals surface area contributed by atoms with Gasteiger partial charge in [0, 0.05) is 18.1 Å². The molecule has 0 saturated heterocycles. The molecule has 0 amide bonds. The van der Waals surface area contributed by atoms with Gasteiger partial charge in [0.25, 0.3) is 0 Å². The fraction of sp³-hybridized carbons (Fsp3) is 0.727. The van der Waals surface area contributed by atoms with E-state index < -0.39 is 0 Å². The summed E-state index contributed by atoms with van der Waals surface area (Å²) < 4.78 is 1.98. The zero-order valence-electron chi connectivity index (χ0n) is 9.05. The Hall–Kier alpha value is -0.500. The zero-order valence-corrected chi connectivity index (χ0v) is 9.80. The minimum absolute atomic E-state index is 0.276. The smallest absolute Gasteiger partial charge is 0.0596 e. The summed E-state index contributed by atoms with van der Waals surface area (Å²) in [7, 11) is 2.01. The Morgan fingerprint density at radius 1 is 1.64 bits per heavy atom. The zero-order chi connectivity index (χ0) is 10.3. The fourth-order valence-corrected chi connectivity index (χ4v) is 2.36. The average Bonchev–Trinajstić information content (AvgIpc) is 2.77. The van der Waals surface area contributed by atoms with Crippen LogP contribution in [-0.4, -0.2) is 15.2 Å². The second-order valence-corrected chi connectivity index (χ2v) is 5.21. The molecule has 0 bridgehead atoms. The minimum atomic E-state index is 0.276. The van der Waals surface area contributed by atoms with Crippen molar-refractivity contribution >= 4 is 11.6 Å². The van der Waals surface area contributed by atoms with Crippen LogP contribution >= 0.6 is 11.6 Å². The van der Waals surface area contributed by atoms with Gasteiger partial charge in [-0.3, -0.25) is 4.68 Å². The first kappa shape index (κ1) is 10.0. The van der Waals surface area contributed by atoms with Crippen LogP contribution in [0.15, 0.2) is 6.07 Å². The first-order valence-electron chi connectivity index (χ1n) is 5.17. The van der Waals surface area contributed by atoms with E-state index in [1.54, 1.807) is 0 Å². The summed E-state index contributed by atoms with van der Waals surface area (Å²) in [4.78, 5) is 0. The Bertz CT molecular complexity index is 337. The molecule has 1 unspecified atom stereocenters. The Morgan fingerprint density at radius 2 is 2.29 bits per heavy atom. The van der Waals surface area contributed by atoms with Crippen molar-refractivity contribution < 1.29 is 0 Å². The second-order valence-electron chi connectivity index (χ2n) is 4.56. The number of alkyl halides is 1. The molecule has 1 atom stereocenters. The molecule has 2 nitrogen and oxygen atoms in total. The van der Waals surface area contributed by atoms with E-state index in [1.165, 1.54) is 18.5 Å². The van der Waals surface area contributed by atoms with Crippen molar-refractivity contribution in [3.63, 3.8) is 0 Å². The van der Waals surface area contributed by atoms with E-state index in [2.05, 4.69) is 18.1 Å². The molecule has 1 saturated carbocycles. The van der Waals surface area contributed by atoms with E-state index in [9.17, 15) is 0 Å². The molecular formula is C11H17ClN2. The predicted octanol–water partition coefficient (Wildman–Crippen LogP) is 2.68. The molecule has 1 aliphatic carbocycles. The van der Waals surface area contributed by atoms with Crippen molar-refractivity contribution in [2.24, 2.45) is 12.5 Å². The Balaban J connectivity index is 2.15. The minimum Gasteiger partial charge on any atom is -0.272 e. The maximum absolute atomic E-state index is 6.21. The number of hydrogen-bond donors (Lipinski definition) is 0. The molecule has 0 N–H and O–H groups in total. The maximum Gasteiger partial charge on any atom is 0.0596 e. The SMILES string of the molecule is Cc1cc(CC2(C(C)Cl)CC2)n(C)n1. The van der Waals surface area contributed by atoms with Gasteiger partial charge in [0.05, 0.1) is 5.69 Å². The van der Waals surface area contributed by atoms with Crippen LogP contribution in [0.5, 0.6) is 0 Å². The molecular weight excluding hydrogens is 196 g/mol. The third-order valence-electron chi connectivity index (χ3n) is 3.37. The Labute approximate surface area is 90.3 Å². The summed E-state index contributed by atoms with van der Waals surface area (Å²) in [6.45, 7) is 4.14. The third kappa shape index (κ3) is 1.68. The van der Waals surface area contributed by atoms with E-state index in [-0.39, 0.29) is 5.38 Å². The van der Waals surface area contributed by atoms with E-state index >= 15 is 0 Å². The van der Waals surface area contributed by atoms with Crippen molar-refractivity contribution in [2.75, 3.05) is 0 Å². The lowest BCUT2D eigenvalue weighted by Gasteiger charge is -2.17. The van der Waals surface area contributed by atoms with Gasteiger partial charge < -0.3 is 0 Å². The first-order valence-corrected chi connectivity index (χ1v) is 5.61. The fourth-order valence-electron chi connectivity index (χ4n) is 2.07. The first-order chi connectivity index (χ1) is 6.53. The van der Waals surface area contributed by atoms with Crippen molar-refractivity contribution in [1.82, 2.24) is 9.78 Å². The molecule has 0 spiro atoms. The quantitative estimate of drug-likeness (QED) is 0.705. The van der Waals surface area contributed by atoms with Gasteiger partial charge in [-0.15, -0.1) is 11.6 Å². The third-order valence-corrected chi connectivity index (χ3v) is 3.83. The van der Waals surface area contributed by atoms with E-state index in [0.29, 0.717) is 5.41 Å². The highest BCUT2D eigenvalue weighted by Crippen LogP contribution is 2.53. The molecule has 78 valence electrons. The highest BCUT2D eigenvalue weighted by molar-refractivity contribution is 6.21. The van der Waals surface area contributed by atoms with Gasteiger partial charge in [0.15, 0.2) is 0 Å². The molecule has 0 aliphatic heterocycles. The summed E-state index contributed by atoms with van der Waals surface area (Å²) in [5, 5.41) is 4.63. The van der Waals surface area contributed by atoms with Crippen LogP contribution in [0.25, 0.3) is 0 Å². The summed E-state index contributed by atoms with van der Waals surface area (Å²) in [6.07, 6.45) is 3.61. The molecule has 14 heavy (non-hydrogen) atoms. The highest BCUT2D eigenvalue weighted by Gasteiger charge is 2.47. The molecule has 0 aromatic carbocycles. The second kappa shape index (κ2) is 3.27. The summed E-state index contributed by atoms with van der Waals surface area (Å²) in [5.41, 5.74) is 2.77. The lowest BCUT2D eigenvalue weighted by atomic mass is 9.96. The molecule has 1 aromatic heterocycles. The number of hydrogen-bond acceptors (Lipinski definition) is 1. The Kier molecular flexibility index (Phi) is 2.34. The number of rotatable bonds is 3. The van der Waals surface area contributed by atoms with E-state index in [4.69, 9.17) is 11.6 Å². The van der Waals surface area contributed by atoms with Crippen LogP contribution < -0.4 is 0 Å². The number of halogens is 1. The van der Waals surface area contributed by atoms with Crippen LogP contribution in [0.3, 0.4) is 0 Å². The van der Waals surface area contributed by atoms with Crippen LogP contribution in [0.2, 0.25) is 0 Å². The monoisotopic (exact) mass is 212 g/mol. The van der Waals surface area contributed by atoms with Crippen LogP contribution in [-0.2, 0) is 13.5 Å². The summed E-state index contributed by atoms with van der Waals surface area (Å²) in [6, 6.07) is 2.17. The molecule has 0 radical (unpaired) electrons. The molecule has 3 heteroatoms. The van der Waals surface area contributed by atoms with Gasteiger partial charge in [-0.1, -0.05) is 0 Å². The average molecular weight is 213 g/mol. The van der Waals surface area contributed by atoms with Crippen molar-refractivity contribution in [3.05, 3.63) is 17.5 Å². The van der Waals surface area contributed by atoms with Crippen LogP contribution in [0, 0.1) is 12.3 Å². The summed E-state index contributed by atoms with van der Waals surface area (Å²) >= 11 is 6.21. The largest absolute Gasteiger partial charge is 0.272 e.